The van der Waals surface area contributed by atoms with Crippen molar-refractivity contribution >= 4 is 11.7 Å². The summed E-state index contributed by atoms with van der Waals surface area (Å²) in [6, 6.07) is 13.8. The lowest BCUT2D eigenvalue weighted by atomic mass is 10.0. The molecule has 1 amide bonds. The van der Waals surface area contributed by atoms with E-state index >= 15 is 0 Å². The minimum atomic E-state index is -0.493. The smallest absolute Gasteiger partial charge is 0.295 e. The molecule has 1 aliphatic heterocycles. The number of ketones is 1. The van der Waals surface area contributed by atoms with Crippen LogP contribution in [0.15, 0.2) is 42.5 Å². The number of nitrogens with zero attached hydrogens (tertiary/aromatic N) is 2. The number of likely N-dealkylation sites (N-methyl/N-ethyl adjacent to an activating group) is 1. The number of likely N-dealkylation sites (tertiary alicyclic amines) is 1. The number of carbonyl (C=O) groups excluding carboxylic acids is 2. The highest BCUT2D eigenvalue weighted by atomic mass is 16.5. The van der Waals surface area contributed by atoms with Crippen LogP contribution in [0.25, 0.3) is 0 Å². The van der Waals surface area contributed by atoms with Gasteiger partial charge in [0.1, 0.15) is 0 Å². The lowest BCUT2D eigenvalue weighted by Gasteiger charge is -2.28. The molecule has 172 valence electrons. The lowest BCUT2D eigenvalue weighted by Crippen LogP contribution is -2.45. The zero-order valence-corrected chi connectivity index (χ0v) is 19.6. The van der Waals surface area contributed by atoms with Gasteiger partial charge in [-0.2, -0.15) is 0 Å². The first-order valence-electron chi connectivity index (χ1n) is 11.2. The Hall–Kier alpha value is -2.86. The Morgan fingerprint density at radius 2 is 1.88 bits per heavy atom. The molecular formula is C26H34N2O4. The maximum atomic E-state index is 13.1. The first kappa shape index (κ1) is 23.8. The third kappa shape index (κ3) is 5.68. The van der Waals surface area contributed by atoms with Gasteiger partial charge in [0.05, 0.1) is 14.2 Å². The van der Waals surface area contributed by atoms with Crippen LogP contribution >= 0.6 is 0 Å². The molecule has 6 heteroatoms. The van der Waals surface area contributed by atoms with Crippen molar-refractivity contribution in [3.63, 3.8) is 0 Å². The Labute approximate surface area is 191 Å². The topological polar surface area (TPSA) is 59.1 Å². The fraction of sp³-hybridized carbons (Fsp3) is 0.462. The Balaban J connectivity index is 1.60. The molecule has 0 aromatic heterocycles. The maximum absolute atomic E-state index is 13.1. The molecule has 1 unspecified atom stereocenters. The lowest BCUT2D eigenvalue weighted by molar-refractivity contribution is -0.127. The summed E-state index contributed by atoms with van der Waals surface area (Å²) >= 11 is 0. The molecule has 0 spiro atoms. The van der Waals surface area contributed by atoms with Gasteiger partial charge in [-0.25, -0.2) is 0 Å². The first-order chi connectivity index (χ1) is 15.4. The van der Waals surface area contributed by atoms with Gasteiger partial charge < -0.3 is 19.3 Å². The molecule has 0 bridgehead atoms. The van der Waals surface area contributed by atoms with Crippen molar-refractivity contribution in [2.45, 2.75) is 38.6 Å². The van der Waals surface area contributed by atoms with Gasteiger partial charge in [0, 0.05) is 24.7 Å². The Bertz CT molecular complexity index is 929. The highest BCUT2D eigenvalue weighted by molar-refractivity contribution is 6.42. The SMILES string of the molecule is COc1cc(C(=O)C(=O)N2CCCC2CN(C)CCCc2ccccc2)cc(C)c1OC. The number of aryl methyl sites for hydroxylation is 2. The average Bonchev–Trinajstić information content (AvgIpc) is 3.26. The van der Waals surface area contributed by atoms with E-state index in [4.69, 9.17) is 9.47 Å². The van der Waals surface area contributed by atoms with Crippen molar-refractivity contribution in [1.29, 1.82) is 0 Å². The normalized spacial score (nSPS) is 15.8. The van der Waals surface area contributed by atoms with Crippen LogP contribution in [-0.4, -0.2) is 68.4 Å². The number of hydrogen-bond acceptors (Lipinski definition) is 5. The van der Waals surface area contributed by atoms with E-state index < -0.39 is 11.7 Å². The Kier molecular flexibility index (Phi) is 8.28. The Morgan fingerprint density at radius 1 is 1.12 bits per heavy atom. The molecule has 1 atom stereocenters. The number of benzene rings is 2. The monoisotopic (exact) mass is 438 g/mol. The highest BCUT2D eigenvalue weighted by Crippen LogP contribution is 2.32. The molecular weight excluding hydrogens is 404 g/mol. The van der Waals surface area contributed by atoms with Crippen LogP contribution in [0.4, 0.5) is 0 Å². The van der Waals surface area contributed by atoms with E-state index in [0.29, 0.717) is 23.6 Å². The van der Waals surface area contributed by atoms with Gasteiger partial charge in [-0.3, -0.25) is 9.59 Å². The van der Waals surface area contributed by atoms with Crippen LogP contribution in [-0.2, 0) is 11.2 Å². The molecule has 0 saturated carbocycles. The summed E-state index contributed by atoms with van der Waals surface area (Å²) in [6.07, 6.45) is 3.94. The van der Waals surface area contributed by atoms with Gasteiger partial charge in [0.15, 0.2) is 11.5 Å². The van der Waals surface area contributed by atoms with Crippen LogP contribution in [0, 0.1) is 6.92 Å². The quantitative estimate of drug-likeness (QED) is 0.418. The molecule has 0 N–H and O–H groups in total. The van der Waals surface area contributed by atoms with Gasteiger partial charge in [-0.15, -0.1) is 0 Å². The number of rotatable bonds is 10. The summed E-state index contributed by atoms with van der Waals surface area (Å²) in [5, 5.41) is 0. The summed E-state index contributed by atoms with van der Waals surface area (Å²) in [4.78, 5) is 30.1. The largest absolute Gasteiger partial charge is 0.493 e. The molecule has 2 aromatic rings. The van der Waals surface area contributed by atoms with Crippen LogP contribution in [0.1, 0.15) is 40.7 Å². The van der Waals surface area contributed by atoms with Gasteiger partial charge >= 0.3 is 0 Å². The Morgan fingerprint density at radius 3 is 2.56 bits per heavy atom. The minimum Gasteiger partial charge on any atom is -0.493 e. The van der Waals surface area contributed by atoms with E-state index in [-0.39, 0.29) is 6.04 Å². The van der Waals surface area contributed by atoms with E-state index in [1.807, 2.05) is 13.0 Å². The van der Waals surface area contributed by atoms with Crippen molar-refractivity contribution < 1.29 is 19.1 Å². The van der Waals surface area contributed by atoms with E-state index in [0.717, 1.165) is 44.3 Å². The van der Waals surface area contributed by atoms with Crippen LogP contribution in [0.2, 0.25) is 0 Å². The summed E-state index contributed by atoms with van der Waals surface area (Å²) < 4.78 is 10.7. The average molecular weight is 439 g/mol. The molecule has 0 aliphatic carbocycles. The number of Topliss-reactive ketones (excluding diaryl/α,β-unsaturated/α-hetero) is 1. The number of ether oxygens (including phenoxy) is 2. The van der Waals surface area contributed by atoms with Gasteiger partial charge in [-0.1, -0.05) is 30.3 Å². The number of carbonyl (C=O) groups is 2. The molecule has 32 heavy (non-hydrogen) atoms. The van der Waals surface area contributed by atoms with Crippen molar-refractivity contribution in [3.05, 3.63) is 59.2 Å². The summed E-state index contributed by atoms with van der Waals surface area (Å²) in [5.41, 5.74) is 2.44. The van der Waals surface area contributed by atoms with Gasteiger partial charge in [0.25, 0.3) is 11.7 Å². The summed E-state index contributed by atoms with van der Waals surface area (Å²) in [5.74, 6) is 0.108. The summed E-state index contributed by atoms with van der Waals surface area (Å²) in [6.45, 7) is 4.19. The first-order valence-corrected chi connectivity index (χ1v) is 11.2. The minimum absolute atomic E-state index is 0.0643. The van der Waals surface area contributed by atoms with E-state index in [9.17, 15) is 9.59 Å². The molecule has 1 aliphatic rings. The molecule has 3 rings (SSSR count). The number of methoxy groups -OCH3 is 2. The maximum Gasteiger partial charge on any atom is 0.295 e. The number of amides is 1. The second-order valence-corrected chi connectivity index (χ2v) is 8.50. The second-order valence-electron chi connectivity index (χ2n) is 8.50. The molecule has 1 heterocycles. The van der Waals surface area contributed by atoms with Crippen molar-refractivity contribution in [3.8, 4) is 11.5 Å². The van der Waals surface area contributed by atoms with E-state index in [1.54, 1.807) is 24.1 Å². The zero-order valence-electron chi connectivity index (χ0n) is 19.6. The van der Waals surface area contributed by atoms with Crippen molar-refractivity contribution in [2.24, 2.45) is 0 Å². The summed E-state index contributed by atoms with van der Waals surface area (Å²) in [7, 11) is 5.17. The van der Waals surface area contributed by atoms with Gasteiger partial charge in [-0.05, 0) is 69.5 Å². The molecule has 1 fully saturated rings. The third-order valence-electron chi connectivity index (χ3n) is 6.13. The zero-order chi connectivity index (χ0) is 23.1. The van der Waals surface area contributed by atoms with Crippen LogP contribution in [0.5, 0.6) is 11.5 Å². The van der Waals surface area contributed by atoms with Crippen LogP contribution < -0.4 is 9.47 Å². The number of hydrogen-bond donors (Lipinski definition) is 0. The predicted molar refractivity (Wildman–Crippen MR) is 126 cm³/mol. The molecule has 0 radical (unpaired) electrons. The molecule has 1 saturated heterocycles. The van der Waals surface area contributed by atoms with Gasteiger partial charge in [0.2, 0.25) is 0 Å². The highest BCUT2D eigenvalue weighted by Gasteiger charge is 2.34. The fourth-order valence-corrected chi connectivity index (χ4v) is 4.48. The van der Waals surface area contributed by atoms with Crippen molar-refractivity contribution in [1.82, 2.24) is 9.80 Å². The standard InChI is InChI=1S/C26H34N2O4/c1-19-16-21(17-23(31-3)25(19)32-4)24(29)26(30)28-15-9-13-22(28)18-27(2)14-8-12-20-10-6-5-7-11-20/h5-7,10-11,16-17,22H,8-9,12-15,18H2,1-4H3. The second kappa shape index (κ2) is 11.1. The third-order valence-corrected chi connectivity index (χ3v) is 6.13. The fourth-order valence-electron chi connectivity index (χ4n) is 4.48. The van der Waals surface area contributed by atoms with E-state index in [2.05, 4.69) is 36.2 Å². The predicted octanol–water partition coefficient (Wildman–Crippen LogP) is 3.75. The van der Waals surface area contributed by atoms with E-state index in [1.165, 1.54) is 12.7 Å². The molecule has 6 nitrogen and oxygen atoms in total. The van der Waals surface area contributed by atoms with Crippen LogP contribution in [0.3, 0.4) is 0 Å². The molecule has 2 aromatic carbocycles. The van der Waals surface area contributed by atoms with Crippen molar-refractivity contribution in [2.75, 3.05) is 40.9 Å².